The molecule has 0 saturated carbocycles. The van der Waals surface area contributed by atoms with E-state index in [4.69, 9.17) is 4.74 Å². The van der Waals surface area contributed by atoms with Crippen molar-refractivity contribution in [2.75, 3.05) is 6.61 Å². The van der Waals surface area contributed by atoms with Crippen LogP contribution in [0.5, 0.6) is 5.75 Å². The third-order valence-corrected chi connectivity index (χ3v) is 2.48. The molecular formula is C14H8F4O2. The zero-order valence-electron chi connectivity index (χ0n) is 10.00. The second-order valence-corrected chi connectivity index (χ2v) is 3.91. The van der Waals surface area contributed by atoms with Gasteiger partial charge in [-0.25, -0.2) is 17.6 Å². The fourth-order valence-corrected chi connectivity index (χ4v) is 1.52. The first-order chi connectivity index (χ1) is 9.47. The summed E-state index contributed by atoms with van der Waals surface area (Å²) in [6, 6.07) is 4.84. The van der Waals surface area contributed by atoms with E-state index in [1.807, 2.05) is 0 Å². The number of hydrogen-bond acceptors (Lipinski definition) is 2. The maximum Gasteiger partial charge on any atom is 0.203 e. The summed E-state index contributed by atoms with van der Waals surface area (Å²) in [6.45, 7) is -0.735. The predicted octanol–water partition coefficient (Wildman–Crippen LogP) is 3.50. The van der Waals surface area contributed by atoms with Gasteiger partial charge in [0.2, 0.25) is 5.78 Å². The van der Waals surface area contributed by atoms with Crippen LogP contribution in [0.3, 0.4) is 0 Å². The molecule has 0 aliphatic carbocycles. The highest BCUT2D eigenvalue weighted by atomic mass is 19.1. The van der Waals surface area contributed by atoms with E-state index in [0.717, 1.165) is 30.3 Å². The average Bonchev–Trinajstić information content (AvgIpc) is 2.42. The topological polar surface area (TPSA) is 26.3 Å². The first-order valence-electron chi connectivity index (χ1n) is 5.53. The number of carbonyl (C=O) groups is 1. The second-order valence-electron chi connectivity index (χ2n) is 3.91. The van der Waals surface area contributed by atoms with E-state index >= 15 is 0 Å². The summed E-state index contributed by atoms with van der Waals surface area (Å²) < 4.78 is 57.1. The van der Waals surface area contributed by atoms with Crippen LogP contribution in [0.1, 0.15) is 10.4 Å². The van der Waals surface area contributed by atoms with Crippen LogP contribution in [0.15, 0.2) is 36.4 Å². The van der Waals surface area contributed by atoms with Gasteiger partial charge in [-0.1, -0.05) is 0 Å². The Kier molecular flexibility index (Phi) is 4.02. The van der Waals surface area contributed by atoms with E-state index in [-0.39, 0.29) is 0 Å². The van der Waals surface area contributed by atoms with E-state index in [0.29, 0.717) is 6.07 Å². The SMILES string of the molecule is O=C(COc1cc(F)ccc1F)c1cc(F)ccc1F. The molecule has 0 radical (unpaired) electrons. The van der Waals surface area contributed by atoms with Crippen molar-refractivity contribution in [2.45, 2.75) is 0 Å². The van der Waals surface area contributed by atoms with Crippen LogP contribution in [-0.4, -0.2) is 12.4 Å². The van der Waals surface area contributed by atoms with Gasteiger partial charge in [-0.2, -0.15) is 0 Å². The summed E-state index contributed by atoms with van der Waals surface area (Å²) in [4.78, 5) is 11.6. The molecule has 2 aromatic rings. The fourth-order valence-electron chi connectivity index (χ4n) is 1.52. The Morgan fingerprint density at radius 2 is 1.50 bits per heavy atom. The third kappa shape index (κ3) is 3.14. The summed E-state index contributed by atoms with van der Waals surface area (Å²) in [5.74, 6) is -4.67. The number of carbonyl (C=O) groups excluding carboxylic acids is 1. The average molecular weight is 284 g/mol. The van der Waals surface area contributed by atoms with Crippen molar-refractivity contribution in [1.82, 2.24) is 0 Å². The summed E-state index contributed by atoms with van der Waals surface area (Å²) in [6.07, 6.45) is 0. The maximum atomic E-state index is 13.3. The molecule has 20 heavy (non-hydrogen) atoms. The van der Waals surface area contributed by atoms with Gasteiger partial charge in [-0.3, -0.25) is 4.79 Å². The summed E-state index contributed by atoms with van der Waals surface area (Å²) in [5, 5.41) is 0. The molecule has 0 bridgehead atoms. The van der Waals surface area contributed by atoms with Crippen molar-refractivity contribution in [3.63, 3.8) is 0 Å². The number of Topliss-reactive ketones (excluding diaryl/α,β-unsaturated/α-hetero) is 1. The molecular weight excluding hydrogens is 276 g/mol. The zero-order chi connectivity index (χ0) is 14.7. The van der Waals surface area contributed by atoms with Gasteiger partial charge in [0.05, 0.1) is 5.56 Å². The molecule has 0 spiro atoms. The normalized spacial score (nSPS) is 10.4. The van der Waals surface area contributed by atoms with Crippen LogP contribution in [0.2, 0.25) is 0 Å². The minimum atomic E-state index is -0.917. The minimum absolute atomic E-state index is 0.477. The lowest BCUT2D eigenvalue weighted by molar-refractivity contribution is 0.0914. The van der Waals surface area contributed by atoms with Crippen molar-refractivity contribution in [3.05, 3.63) is 65.2 Å². The smallest absolute Gasteiger partial charge is 0.203 e. The standard InChI is InChI=1S/C14H8F4O2/c15-8-1-3-11(17)10(5-8)13(19)7-20-14-6-9(16)2-4-12(14)18/h1-6H,7H2. The minimum Gasteiger partial charge on any atom is -0.482 e. The Bertz CT molecular complexity index is 656. The highest BCUT2D eigenvalue weighted by Crippen LogP contribution is 2.18. The quantitative estimate of drug-likeness (QED) is 0.634. The lowest BCUT2D eigenvalue weighted by Gasteiger charge is -2.07. The molecule has 0 aliphatic heterocycles. The van der Waals surface area contributed by atoms with Gasteiger partial charge >= 0.3 is 0 Å². The number of benzene rings is 2. The van der Waals surface area contributed by atoms with Crippen molar-refractivity contribution < 1.29 is 27.1 Å². The molecule has 0 atom stereocenters. The van der Waals surface area contributed by atoms with Gasteiger partial charge < -0.3 is 4.74 Å². The molecule has 104 valence electrons. The molecule has 0 fully saturated rings. The van der Waals surface area contributed by atoms with Crippen LogP contribution >= 0.6 is 0 Å². The third-order valence-electron chi connectivity index (χ3n) is 2.48. The van der Waals surface area contributed by atoms with Crippen molar-refractivity contribution >= 4 is 5.78 Å². The van der Waals surface area contributed by atoms with Crippen molar-refractivity contribution in [2.24, 2.45) is 0 Å². The number of ether oxygens (including phenoxy) is 1. The Balaban J connectivity index is 2.12. The van der Waals surface area contributed by atoms with Gasteiger partial charge in [0.15, 0.2) is 18.2 Å². The fraction of sp³-hybridized carbons (Fsp3) is 0.0714. The molecule has 0 heterocycles. The van der Waals surface area contributed by atoms with Gasteiger partial charge in [0.1, 0.15) is 17.5 Å². The molecule has 6 heteroatoms. The van der Waals surface area contributed by atoms with Crippen LogP contribution < -0.4 is 4.74 Å². The van der Waals surface area contributed by atoms with Crippen LogP contribution in [0.4, 0.5) is 17.6 Å². The van der Waals surface area contributed by atoms with Gasteiger partial charge in [0, 0.05) is 6.07 Å². The highest BCUT2D eigenvalue weighted by molar-refractivity contribution is 5.97. The van der Waals surface area contributed by atoms with E-state index in [9.17, 15) is 22.4 Å². The molecule has 2 aromatic carbocycles. The van der Waals surface area contributed by atoms with E-state index in [1.165, 1.54) is 0 Å². The summed E-state index contributed by atoms with van der Waals surface area (Å²) in [7, 11) is 0. The number of halogens is 4. The largest absolute Gasteiger partial charge is 0.482 e. The Labute approximate surface area is 111 Å². The van der Waals surface area contributed by atoms with Crippen LogP contribution in [-0.2, 0) is 0 Å². The van der Waals surface area contributed by atoms with Gasteiger partial charge in [-0.15, -0.1) is 0 Å². The first-order valence-corrected chi connectivity index (χ1v) is 5.53. The number of hydrogen-bond donors (Lipinski definition) is 0. The lowest BCUT2D eigenvalue weighted by atomic mass is 10.1. The molecule has 0 aliphatic rings. The lowest BCUT2D eigenvalue weighted by Crippen LogP contribution is -2.14. The van der Waals surface area contributed by atoms with Crippen molar-refractivity contribution in [1.29, 1.82) is 0 Å². The maximum absolute atomic E-state index is 13.3. The highest BCUT2D eigenvalue weighted by Gasteiger charge is 2.15. The Hall–Kier alpha value is -2.37. The van der Waals surface area contributed by atoms with Crippen molar-refractivity contribution in [3.8, 4) is 5.75 Å². The second kappa shape index (κ2) is 5.73. The molecule has 0 N–H and O–H groups in total. The zero-order valence-corrected chi connectivity index (χ0v) is 10.00. The summed E-state index contributed by atoms with van der Waals surface area (Å²) >= 11 is 0. The molecule has 0 saturated heterocycles. The number of rotatable bonds is 4. The van der Waals surface area contributed by atoms with Crippen LogP contribution in [0, 0.1) is 23.3 Å². The summed E-state index contributed by atoms with van der Waals surface area (Å²) in [5.41, 5.74) is -0.512. The molecule has 0 unspecified atom stereocenters. The molecule has 2 rings (SSSR count). The molecule has 0 aromatic heterocycles. The van der Waals surface area contributed by atoms with Gasteiger partial charge in [-0.05, 0) is 30.3 Å². The monoisotopic (exact) mass is 284 g/mol. The Morgan fingerprint density at radius 3 is 2.20 bits per heavy atom. The Morgan fingerprint density at radius 1 is 0.900 bits per heavy atom. The number of ketones is 1. The van der Waals surface area contributed by atoms with E-state index < -0.39 is 47.0 Å². The van der Waals surface area contributed by atoms with Gasteiger partial charge in [0.25, 0.3) is 0 Å². The van der Waals surface area contributed by atoms with E-state index in [2.05, 4.69) is 0 Å². The van der Waals surface area contributed by atoms with E-state index in [1.54, 1.807) is 0 Å². The molecule has 0 amide bonds. The molecule has 2 nitrogen and oxygen atoms in total. The predicted molar refractivity (Wildman–Crippen MR) is 62.5 cm³/mol. The first kappa shape index (κ1) is 14.0. The van der Waals surface area contributed by atoms with Crippen LogP contribution in [0.25, 0.3) is 0 Å².